The van der Waals surface area contributed by atoms with Crippen molar-refractivity contribution in [1.29, 1.82) is 0 Å². The average molecular weight is 439 g/mol. The Morgan fingerprint density at radius 2 is 0.966 bits per heavy atom. The normalized spacial score (nSPS) is 15.9. The highest BCUT2D eigenvalue weighted by molar-refractivity contribution is 7.89. The van der Waals surface area contributed by atoms with E-state index >= 15 is 0 Å². The van der Waals surface area contributed by atoms with E-state index in [9.17, 15) is 0 Å². The summed E-state index contributed by atoms with van der Waals surface area (Å²) in [5.41, 5.74) is 9.80. The quantitative estimate of drug-likeness (QED) is 0.600. The number of fused-ring (bicyclic) bond motifs is 2. The van der Waals surface area contributed by atoms with Gasteiger partial charge in [0.25, 0.3) is 0 Å². The molecule has 0 aromatic heterocycles. The van der Waals surface area contributed by atoms with Crippen molar-refractivity contribution in [3.63, 3.8) is 0 Å². The smallest absolute Gasteiger partial charge is 0.161 e. The second kappa shape index (κ2) is 13.2. The van der Waals surface area contributed by atoms with Crippen molar-refractivity contribution >= 4 is 45.2 Å². The summed E-state index contributed by atoms with van der Waals surface area (Å²) >= 11 is 8.66. The van der Waals surface area contributed by atoms with Gasteiger partial charge in [0, 0.05) is 0 Å². The fourth-order valence-corrected chi connectivity index (χ4v) is 2.39. The van der Waals surface area contributed by atoms with Gasteiger partial charge in [-0.3, -0.25) is 0 Å². The molecule has 9 heteroatoms. The lowest BCUT2D eigenvalue weighted by atomic mass is 10.1. The largest absolute Gasteiger partial charge is 0.487 e. The predicted molar refractivity (Wildman–Crippen MR) is 121 cm³/mol. The Kier molecular flexibility index (Phi) is 10.6. The number of ether oxygens (including phenoxy) is 5. The lowest BCUT2D eigenvalue weighted by molar-refractivity contribution is 0.00708. The molecule has 2 aromatic carbocycles. The third-order valence-electron chi connectivity index (χ3n) is 3.77. The molecular weight excluding hydrogens is 412 g/mol. The van der Waals surface area contributed by atoms with E-state index < -0.39 is 0 Å². The van der Waals surface area contributed by atoms with Crippen LogP contribution in [0.5, 0.6) is 11.5 Å². The fourth-order valence-electron chi connectivity index (χ4n) is 2.39. The molecule has 0 bridgehead atoms. The van der Waals surface area contributed by atoms with Crippen LogP contribution in [0.2, 0.25) is 0 Å². The molecule has 0 saturated heterocycles. The third kappa shape index (κ3) is 8.88. The third-order valence-corrected chi connectivity index (χ3v) is 4.34. The van der Waals surface area contributed by atoms with Crippen molar-refractivity contribution < 1.29 is 23.7 Å². The molecule has 1 heterocycles. The zero-order valence-electron chi connectivity index (χ0n) is 16.1. The van der Waals surface area contributed by atoms with Gasteiger partial charge in [0.2, 0.25) is 0 Å². The molecular formula is C20H26N2O5S2. The highest BCUT2D eigenvalue weighted by Gasteiger charge is 2.08. The summed E-state index contributed by atoms with van der Waals surface area (Å²) in [4.78, 5) is 0.204. The van der Waals surface area contributed by atoms with Crippen molar-refractivity contribution in [3.8, 4) is 11.5 Å². The lowest BCUT2D eigenvalue weighted by Gasteiger charge is -2.14. The van der Waals surface area contributed by atoms with Gasteiger partial charge in [-0.1, -0.05) is 48.7 Å². The summed E-state index contributed by atoms with van der Waals surface area (Å²) in [6, 6.07) is 12.2. The zero-order valence-corrected chi connectivity index (χ0v) is 17.8. The average Bonchev–Trinajstić information content (AvgIpc) is 2.72. The number of rotatable bonds is 0. The first-order valence-electron chi connectivity index (χ1n) is 9.19. The van der Waals surface area contributed by atoms with Crippen LogP contribution < -0.4 is 20.9 Å². The van der Waals surface area contributed by atoms with Crippen molar-refractivity contribution in [1.82, 2.24) is 0 Å². The summed E-state index contributed by atoms with van der Waals surface area (Å²) < 4.78 is 28.0. The molecule has 0 spiro atoms. The maximum atomic E-state index is 5.84. The summed E-state index contributed by atoms with van der Waals surface area (Å²) in [6.45, 7) is 4.26. The molecule has 3 rings (SSSR count). The first-order valence-corrected chi connectivity index (χ1v) is 10.0. The number of hydrogen-bond donors (Lipinski definition) is 2. The minimum atomic E-state index is 0.102. The molecule has 1 aliphatic rings. The van der Waals surface area contributed by atoms with E-state index in [1.807, 2.05) is 24.3 Å². The molecule has 0 radical (unpaired) electrons. The van der Waals surface area contributed by atoms with E-state index in [0.29, 0.717) is 52.9 Å². The summed E-state index contributed by atoms with van der Waals surface area (Å²) in [5, 5.41) is 2.25. The van der Waals surface area contributed by atoms with Crippen LogP contribution in [0, 0.1) is 0 Å². The van der Waals surface area contributed by atoms with Gasteiger partial charge in [0.1, 0.15) is 23.2 Å². The number of nitrogens with two attached hydrogens (primary N) is 2. The van der Waals surface area contributed by atoms with Crippen LogP contribution in [-0.2, 0) is 14.2 Å². The molecule has 0 atom stereocenters. The molecule has 1 aliphatic heterocycles. The molecule has 4 N–H and O–H groups in total. The Balaban J connectivity index is 0.000000438. The molecule has 0 amide bonds. The van der Waals surface area contributed by atoms with Gasteiger partial charge >= 0.3 is 0 Å². The minimum absolute atomic E-state index is 0.102. The Morgan fingerprint density at radius 3 is 1.31 bits per heavy atom. The number of benzene rings is 2. The van der Waals surface area contributed by atoms with Crippen LogP contribution >= 0.6 is 24.4 Å². The van der Waals surface area contributed by atoms with E-state index in [2.05, 4.69) is 36.6 Å². The van der Waals surface area contributed by atoms with Crippen molar-refractivity contribution in [2.45, 2.75) is 0 Å². The first kappa shape index (κ1) is 23.2. The second-order valence-electron chi connectivity index (χ2n) is 5.91. The monoisotopic (exact) mass is 438 g/mol. The lowest BCUT2D eigenvalue weighted by Crippen LogP contribution is -2.26. The number of hydrogen-bond acceptors (Lipinski definition) is 7. The Bertz CT molecular complexity index is 739. The van der Waals surface area contributed by atoms with Gasteiger partial charge in [0.05, 0.1) is 39.6 Å². The van der Waals surface area contributed by atoms with Crippen molar-refractivity contribution in [2.75, 3.05) is 52.9 Å². The molecule has 0 aliphatic carbocycles. The van der Waals surface area contributed by atoms with Gasteiger partial charge in [-0.25, -0.2) is 0 Å². The fraction of sp³-hybridized carbons (Fsp3) is 0.400. The van der Waals surface area contributed by atoms with Gasteiger partial charge in [-0.15, -0.1) is 0 Å². The number of thiocarbonyl (C=S) groups is 2. The molecule has 0 fully saturated rings. The molecule has 0 saturated carbocycles. The van der Waals surface area contributed by atoms with Crippen LogP contribution in [0.15, 0.2) is 36.4 Å². The Hall–Kier alpha value is -2.04. The van der Waals surface area contributed by atoms with Crippen LogP contribution in [0.4, 0.5) is 0 Å². The maximum absolute atomic E-state index is 5.84. The summed E-state index contributed by atoms with van der Waals surface area (Å²) in [6.07, 6.45) is 0. The van der Waals surface area contributed by atoms with Crippen LogP contribution in [0.1, 0.15) is 0 Å². The molecule has 158 valence electrons. The second-order valence-corrected chi connectivity index (χ2v) is 6.79. The highest BCUT2D eigenvalue weighted by Crippen LogP contribution is 2.32. The van der Waals surface area contributed by atoms with Gasteiger partial charge in [-0.2, -0.15) is 0 Å². The zero-order chi connectivity index (χ0) is 20.9. The molecule has 7 nitrogen and oxygen atoms in total. The highest BCUT2D eigenvalue weighted by atomic mass is 32.1. The van der Waals surface area contributed by atoms with Crippen molar-refractivity contribution in [3.05, 3.63) is 36.4 Å². The summed E-state index contributed by atoms with van der Waals surface area (Å²) in [7, 11) is 0. The van der Waals surface area contributed by atoms with E-state index in [0.717, 1.165) is 22.3 Å². The molecule has 29 heavy (non-hydrogen) atoms. The maximum Gasteiger partial charge on any atom is 0.161 e. The molecule has 0 unspecified atom stereocenters. The molecule has 2 aromatic rings. The standard InChI is InChI=1S/C18H22O5.C2H4N2S2/c1-2-4-16-14-18-17(13-15(16)3-1)22-11-9-20-7-5-19-6-8-21-10-12-23-18;3-1(5)2(4)6/h1-4,13-14H,5-12H2;(H2,3,5)(H2,4,6). The van der Waals surface area contributed by atoms with E-state index in [1.54, 1.807) is 0 Å². The first-order chi connectivity index (χ1) is 14.1. The Morgan fingerprint density at radius 1 is 0.621 bits per heavy atom. The predicted octanol–water partition coefficient (Wildman–Crippen LogP) is 2.22. The van der Waals surface area contributed by atoms with Gasteiger partial charge in [-0.05, 0) is 22.9 Å². The summed E-state index contributed by atoms with van der Waals surface area (Å²) in [5.74, 6) is 1.47. The van der Waals surface area contributed by atoms with Crippen molar-refractivity contribution in [2.24, 2.45) is 11.5 Å². The minimum Gasteiger partial charge on any atom is -0.487 e. The topological polar surface area (TPSA) is 98.2 Å². The van der Waals surface area contributed by atoms with E-state index in [-0.39, 0.29) is 9.98 Å². The van der Waals surface area contributed by atoms with E-state index in [4.69, 9.17) is 35.2 Å². The SMILES string of the molecule is NC(=S)C(N)=S.c1ccc2cc3c(cc2c1)OCCOCCOCCOCCO3. The van der Waals surface area contributed by atoms with Gasteiger partial charge in [0.15, 0.2) is 11.5 Å². The Labute approximate surface area is 181 Å². The van der Waals surface area contributed by atoms with E-state index in [1.165, 1.54) is 0 Å². The van der Waals surface area contributed by atoms with Crippen LogP contribution in [-0.4, -0.2) is 62.8 Å². The van der Waals surface area contributed by atoms with Crippen LogP contribution in [0.3, 0.4) is 0 Å². The van der Waals surface area contributed by atoms with Gasteiger partial charge < -0.3 is 35.2 Å². The van der Waals surface area contributed by atoms with Crippen LogP contribution in [0.25, 0.3) is 10.8 Å².